The van der Waals surface area contributed by atoms with Crippen LogP contribution in [-0.4, -0.2) is 30.6 Å². The van der Waals surface area contributed by atoms with Crippen LogP contribution in [0.2, 0.25) is 0 Å². The molecule has 102 valence electrons. The number of para-hydroxylation sites is 1. The molecule has 0 bridgehead atoms. The summed E-state index contributed by atoms with van der Waals surface area (Å²) in [4.78, 5) is 15.0. The highest BCUT2D eigenvalue weighted by Gasteiger charge is 2.07. The second-order valence-electron chi connectivity index (χ2n) is 4.44. The van der Waals surface area contributed by atoms with Gasteiger partial charge in [-0.1, -0.05) is 18.2 Å². The number of benzene rings is 1. The van der Waals surface area contributed by atoms with Crippen LogP contribution < -0.4 is 5.32 Å². The van der Waals surface area contributed by atoms with E-state index < -0.39 is 0 Å². The summed E-state index contributed by atoms with van der Waals surface area (Å²) in [5.41, 5.74) is 2.11. The number of rotatable bonds is 7. The molecule has 19 heavy (non-hydrogen) atoms. The van der Waals surface area contributed by atoms with E-state index in [1.165, 1.54) is 0 Å². The van der Waals surface area contributed by atoms with Gasteiger partial charge in [0.25, 0.3) is 0 Å². The summed E-state index contributed by atoms with van der Waals surface area (Å²) in [5.74, 6) is 0.0567. The third-order valence-corrected chi connectivity index (χ3v) is 3.02. The Morgan fingerprint density at radius 3 is 3.05 bits per heavy atom. The number of carbonyl (C=O) groups excluding carboxylic acids is 1. The summed E-state index contributed by atoms with van der Waals surface area (Å²) in [6.45, 7) is 4.06. The van der Waals surface area contributed by atoms with Crippen LogP contribution in [-0.2, 0) is 16.0 Å². The molecule has 0 aliphatic heterocycles. The van der Waals surface area contributed by atoms with Crippen molar-refractivity contribution in [1.82, 2.24) is 10.3 Å². The fourth-order valence-corrected chi connectivity index (χ4v) is 2.06. The van der Waals surface area contributed by atoms with E-state index in [1.807, 2.05) is 37.4 Å². The van der Waals surface area contributed by atoms with Crippen molar-refractivity contribution < 1.29 is 9.53 Å². The van der Waals surface area contributed by atoms with Gasteiger partial charge in [-0.05, 0) is 25.0 Å². The number of hydrogen-bond acceptors (Lipinski definition) is 2. The number of fused-ring (bicyclic) bond motifs is 1. The molecule has 0 fully saturated rings. The first-order valence-electron chi connectivity index (χ1n) is 6.70. The Bertz CT molecular complexity index is 534. The van der Waals surface area contributed by atoms with Crippen LogP contribution in [0.15, 0.2) is 30.5 Å². The molecule has 1 aromatic heterocycles. The van der Waals surface area contributed by atoms with Gasteiger partial charge in [-0.2, -0.15) is 0 Å². The summed E-state index contributed by atoms with van der Waals surface area (Å²) in [6.07, 6.45) is 3.18. The Kier molecular flexibility index (Phi) is 4.98. The molecule has 0 aliphatic rings. The van der Waals surface area contributed by atoms with E-state index >= 15 is 0 Å². The molecule has 0 aliphatic carbocycles. The maximum absolute atomic E-state index is 11.8. The standard InChI is InChI=1S/C15H20N2O2/c1-2-19-9-5-8-16-15(18)10-12-11-17-14-7-4-3-6-13(12)14/h3-4,6-7,11,17H,2,5,8-10H2,1H3,(H,16,18). The number of aromatic nitrogens is 1. The van der Waals surface area contributed by atoms with Gasteiger partial charge in [0.2, 0.25) is 5.91 Å². The van der Waals surface area contributed by atoms with Crippen LogP contribution in [0, 0.1) is 0 Å². The Morgan fingerprint density at radius 1 is 1.37 bits per heavy atom. The molecule has 0 saturated heterocycles. The number of aromatic amines is 1. The van der Waals surface area contributed by atoms with E-state index in [2.05, 4.69) is 10.3 Å². The third-order valence-electron chi connectivity index (χ3n) is 3.02. The van der Waals surface area contributed by atoms with Crippen LogP contribution in [0.3, 0.4) is 0 Å². The van der Waals surface area contributed by atoms with Crippen LogP contribution in [0.1, 0.15) is 18.9 Å². The van der Waals surface area contributed by atoms with E-state index in [-0.39, 0.29) is 5.91 Å². The van der Waals surface area contributed by atoms with E-state index in [0.29, 0.717) is 19.6 Å². The second-order valence-corrected chi connectivity index (χ2v) is 4.44. The van der Waals surface area contributed by atoms with Crippen molar-refractivity contribution >= 4 is 16.8 Å². The summed E-state index contributed by atoms with van der Waals surface area (Å²) >= 11 is 0. The number of ether oxygens (including phenoxy) is 1. The lowest BCUT2D eigenvalue weighted by Gasteiger charge is -2.05. The van der Waals surface area contributed by atoms with E-state index in [9.17, 15) is 4.79 Å². The van der Waals surface area contributed by atoms with Gasteiger partial charge < -0.3 is 15.0 Å². The lowest BCUT2D eigenvalue weighted by Crippen LogP contribution is -2.26. The Labute approximate surface area is 113 Å². The van der Waals surface area contributed by atoms with E-state index in [4.69, 9.17) is 4.74 Å². The molecule has 2 aromatic rings. The Morgan fingerprint density at radius 2 is 2.21 bits per heavy atom. The topological polar surface area (TPSA) is 54.1 Å². The molecule has 0 unspecified atom stereocenters. The fraction of sp³-hybridized carbons (Fsp3) is 0.400. The fourth-order valence-electron chi connectivity index (χ4n) is 2.06. The molecule has 1 heterocycles. The molecule has 0 spiro atoms. The lowest BCUT2D eigenvalue weighted by molar-refractivity contribution is -0.120. The van der Waals surface area contributed by atoms with Crippen LogP contribution in [0.5, 0.6) is 0 Å². The average molecular weight is 260 g/mol. The molecule has 2 N–H and O–H groups in total. The third kappa shape index (κ3) is 3.83. The number of nitrogens with one attached hydrogen (secondary N) is 2. The number of amides is 1. The second kappa shape index (κ2) is 6.95. The molecule has 1 amide bonds. The van der Waals surface area contributed by atoms with Crippen molar-refractivity contribution in [2.24, 2.45) is 0 Å². The Hall–Kier alpha value is -1.81. The summed E-state index contributed by atoms with van der Waals surface area (Å²) in [7, 11) is 0. The smallest absolute Gasteiger partial charge is 0.224 e. The Balaban J connectivity index is 1.82. The number of H-pyrrole nitrogens is 1. The molecule has 2 rings (SSSR count). The first kappa shape index (κ1) is 13.6. The van der Waals surface area contributed by atoms with Crippen molar-refractivity contribution in [3.05, 3.63) is 36.0 Å². The van der Waals surface area contributed by atoms with Crippen molar-refractivity contribution in [1.29, 1.82) is 0 Å². The zero-order valence-corrected chi connectivity index (χ0v) is 11.2. The van der Waals surface area contributed by atoms with Crippen LogP contribution in [0.25, 0.3) is 10.9 Å². The lowest BCUT2D eigenvalue weighted by atomic mass is 10.1. The van der Waals surface area contributed by atoms with E-state index in [1.54, 1.807) is 0 Å². The van der Waals surface area contributed by atoms with Gasteiger partial charge in [-0.15, -0.1) is 0 Å². The van der Waals surface area contributed by atoms with Gasteiger partial charge in [-0.3, -0.25) is 4.79 Å². The number of hydrogen-bond donors (Lipinski definition) is 2. The molecule has 4 nitrogen and oxygen atoms in total. The van der Waals surface area contributed by atoms with Crippen LogP contribution in [0.4, 0.5) is 0 Å². The maximum Gasteiger partial charge on any atom is 0.224 e. The summed E-state index contributed by atoms with van der Waals surface area (Å²) in [6, 6.07) is 8.01. The minimum absolute atomic E-state index is 0.0567. The van der Waals surface area contributed by atoms with Crippen molar-refractivity contribution in [2.75, 3.05) is 19.8 Å². The zero-order chi connectivity index (χ0) is 13.5. The largest absolute Gasteiger partial charge is 0.382 e. The highest BCUT2D eigenvalue weighted by Crippen LogP contribution is 2.17. The van der Waals surface area contributed by atoms with Crippen LogP contribution >= 0.6 is 0 Å². The monoisotopic (exact) mass is 260 g/mol. The minimum Gasteiger partial charge on any atom is -0.382 e. The predicted molar refractivity (Wildman–Crippen MR) is 76.1 cm³/mol. The van der Waals surface area contributed by atoms with Gasteiger partial charge in [-0.25, -0.2) is 0 Å². The summed E-state index contributed by atoms with van der Waals surface area (Å²) < 4.78 is 5.22. The first-order chi connectivity index (χ1) is 9.31. The molecule has 0 radical (unpaired) electrons. The number of carbonyl (C=O) groups is 1. The highest BCUT2D eigenvalue weighted by molar-refractivity contribution is 5.88. The molecule has 0 saturated carbocycles. The van der Waals surface area contributed by atoms with Gasteiger partial charge in [0.15, 0.2) is 0 Å². The molecule has 0 atom stereocenters. The molecular formula is C15H20N2O2. The highest BCUT2D eigenvalue weighted by atomic mass is 16.5. The van der Waals surface area contributed by atoms with E-state index in [0.717, 1.165) is 29.5 Å². The molecule has 4 heteroatoms. The van der Waals surface area contributed by atoms with Crippen molar-refractivity contribution in [3.63, 3.8) is 0 Å². The van der Waals surface area contributed by atoms with Crippen molar-refractivity contribution in [3.8, 4) is 0 Å². The van der Waals surface area contributed by atoms with Gasteiger partial charge in [0.1, 0.15) is 0 Å². The quantitative estimate of drug-likeness (QED) is 0.750. The summed E-state index contributed by atoms with van der Waals surface area (Å²) in [5, 5.41) is 4.03. The van der Waals surface area contributed by atoms with Gasteiger partial charge >= 0.3 is 0 Å². The average Bonchev–Trinajstić information content (AvgIpc) is 2.82. The molecular weight excluding hydrogens is 240 g/mol. The SMILES string of the molecule is CCOCCCNC(=O)Cc1c[nH]c2ccccc12. The normalized spacial score (nSPS) is 10.8. The predicted octanol–water partition coefficient (Wildman–Crippen LogP) is 2.25. The minimum atomic E-state index is 0.0567. The van der Waals surface area contributed by atoms with Gasteiger partial charge in [0, 0.05) is 36.9 Å². The molecule has 1 aromatic carbocycles. The first-order valence-corrected chi connectivity index (χ1v) is 6.70. The van der Waals surface area contributed by atoms with Gasteiger partial charge in [0.05, 0.1) is 6.42 Å². The van der Waals surface area contributed by atoms with Crippen molar-refractivity contribution in [2.45, 2.75) is 19.8 Å². The zero-order valence-electron chi connectivity index (χ0n) is 11.2. The maximum atomic E-state index is 11.8.